The van der Waals surface area contributed by atoms with Crippen LogP contribution in [-0.4, -0.2) is 18.5 Å². The summed E-state index contributed by atoms with van der Waals surface area (Å²) >= 11 is 0. The molecular formula is C6H12N2. The monoisotopic (exact) mass is 112 g/mol. The van der Waals surface area contributed by atoms with E-state index in [1.165, 1.54) is 5.70 Å². The van der Waals surface area contributed by atoms with Gasteiger partial charge in [-0.2, -0.15) is 0 Å². The molecule has 0 unspecified atom stereocenters. The Morgan fingerprint density at radius 2 is 2.25 bits per heavy atom. The van der Waals surface area contributed by atoms with E-state index in [1.807, 2.05) is 0 Å². The Balaban J connectivity index is 2.71. The zero-order valence-corrected chi connectivity index (χ0v) is 5.44. The van der Waals surface area contributed by atoms with Crippen LogP contribution in [0.25, 0.3) is 0 Å². The summed E-state index contributed by atoms with van der Waals surface area (Å²) in [4.78, 5) is 2.18. The molecule has 0 spiro atoms. The topological polar surface area (TPSA) is 29.3 Å². The number of rotatable bonds is 0. The van der Waals surface area contributed by atoms with Crippen LogP contribution in [0.4, 0.5) is 0 Å². The maximum absolute atomic E-state index is 5.61. The van der Waals surface area contributed by atoms with Crippen molar-refractivity contribution in [2.24, 2.45) is 5.73 Å². The maximum Gasteiger partial charge on any atom is 0.0290 e. The fourth-order valence-electron chi connectivity index (χ4n) is 0.882. The summed E-state index contributed by atoms with van der Waals surface area (Å²) in [5, 5.41) is 0. The molecule has 0 aliphatic carbocycles. The van der Waals surface area contributed by atoms with Crippen molar-refractivity contribution in [3.8, 4) is 0 Å². The van der Waals surface area contributed by atoms with E-state index in [2.05, 4.69) is 18.9 Å². The Morgan fingerprint density at radius 1 is 1.62 bits per heavy atom. The summed E-state index contributed by atoms with van der Waals surface area (Å²) in [5.74, 6) is 0. The zero-order chi connectivity index (χ0) is 6.15. The molecule has 2 N–H and O–H groups in total. The Labute approximate surface area is 50.0 Å². The van der Waals surface area contributed by atoms with Crippen LogP contribution in [0.3, 0.4) is 0 Å². The smallest absolute Gasteiger partial charge is 0.0290 e. The standard InChI is InChI=1S/C6H12N2/c1-5-6(7)3-4-8(5)2/h3-4,7H2,1-2H3. The molecule has 0 aromatic heterocycles. The van der Waals surface area contributed by atoms with E-state index in [0.29, 0.717) is 0 Å². The normalized spacial score (nSPS) is 20.5. The average molecular weight is 112 g/mol. The molecule has 8 heavy (non-hydrogen) atoms. The third-order valence-corrected chi connectivity index (χ3v) is 1.75. The highest BCUT2D eigenvalue weighted by molar-refractivity contribution is 5.12. The van der Waals surface area contributed by atoms with Gasteiger partial charge < -0.3 is 10.6 Å². The summed E-state index contributed by atoms with van der Waals surface area (Å²) in [6.45, 7) is 3.15. The fourth-order valence-corrected chi connectivity index (χ4v) is 0.882. The van der Waals surface area contributed by atoms with Gasteiger partial charge in [-0.05, 0) is 6.92 Å². The van der Waals surface area contributed by atoms with Crippen molar-refractivity contribution in [2.45, 2.75) is 13.3 Å². The third kappa shape index (κ3) is 0.661. The summed E-state index contributed by atoms with van der Waals surface area (Å²) < 4.78 is 0. The molecule has 0 fully saturated rings. The van der Waals surface area contributed by atoms with E-state index in [-0.39, 0.29) is 0 Å². The quantitative estimate of drug-likeness (QED) is 0.494. The van der Waals surface area contributed by atoms with Gasteiger partial charge in [-0.1, -0.05) is 0 Å². The minimum absolute atomic E-state index is 1.04. The van der Waals surface area contributed by atoms with Gasteiger partial charge in [0.25, 0.3) is 0 Å². The van der Waals surface area contributed by atoms with Crippen LogP contribution >= 0.6 is 0 Å². The second-order valence-corrected chi connectivity index (χ2v) is 2.28. The van der Waals surface area contributed by atoms with Crippen LogP contribution in [0.2, 0.25) is 0 Å². The van der Waals surface area contributed by atoms with Gasteiger partial charge in [0.05, 0.1) is 0 Å². The van der Waals surface area contributed by atoms with Gasteiger partial charge in [-0.3, -0.25) is 0 Å². The Kier molecular flexibility index (Phi) is 1.16. The van der Waals surface area contributed by atoms with Gasteiger partial charge in [0, 0.05) is 31.4 Å². The van der Waals surface area contributed by atoms with Crippen LogP contribution in [0.15, 0.2) is 11.4 Å². The maximum atomic E-state index is 5.61. The molecule has 0 amide bonds. The lowest BCUT2D eigenvalue weighted by molar-refractivity contribution is 0.460. The molecule has 46 valence electrons. The SMILES string of the molecule is CC1=C(N)CCN1C. The lowest BCUT2D eigenvalue weighted by Gasteiger charge is -2.10. The highest BCUT2D eigenvalue weighted by Crippen LogP contribution is 2.14. The lowest BCUT2D eigenvalue weighted by Crippen LogP contribution is -2.10. The highest BCUT2D eigenvalue weighted by Gasteiger charge is 2.10. The van der Waals surface area contributed by atoms with E-state index in [4.69, 9.17) is 5.73 Å². The number of allylic oxidation sites excluding steroid dienone is 1. The number of hydrogen-bond acceptors (Lipinski definition) is 2. The molecule has 1 aliphatic heterocycles. The molecule has 0 saturated carbocycles. The van der Waals surface area contributed by atoms with Gasteiger partial charge in [-0.25, -0.2) is 0 Å². The predicted molar refractivity (Wildman–Crippen MR) is 34.1 cm³/mol. The van der Waals surface area contributed by atoms with E-state index in [9.17, 15) is 0 Å². The Bertz CT molecular complexity index is 126. The minimum atomic E-state index is 1.04. The highest BCUT2D eigenvalue weighted by atomic mass is 15.1. The van der Waals surface area contributed by atoms with Crippen molar-refractivity contribution in [3.63, 3.8) is 0 Å². The van der Waals surface area contributed by atoms with Crippen molar-refractivity contribution in [1.82, 2.24) is 4.90 Å². The van der Waals surface area contributed by atoms with Gasteiger partial charge in [-0.15, -0.1) is 0 Å². The first-order chi connectivity index (χ1) is 3.72. The molecule has 0 atom stereocenters. The number of nitrogens with two attached hydrogens (primary N) is 1. The molecule has 2 heteroatoms. The Morgan fingerprint density at radius 3 is 2.38 bits per heavy atom. The summed E-state index contributed by atoms with van der Waals surface area (Å²) in [7, 11) is 2.06. The van der Waals surface area contributed by atoms with Gasteiger partial charge in [0.15, 0.2) is 0 Å². The molecular weight excluding hydrogens is 100 g/mol. The molecule has 1 heterocycles. The molecule has 0 aromatic carbocycles. The van der Waals surface area contributed by atoms with Gasteiger partial charge in [0.1, 0.15) is 0 Å². The van der Waals surface area contributed by atoms with Gasteiger partial charge >= 0.3 is 0 Å². The van der Waals surface area contributed by atoms with Crippen LogP contribution < -0.4 is 5.73 Å². The molecule has 0 aromatic rings. The second kappa shape index (κ2) is 1.69. The lowest BCUT2D eigenvalue weighted by atomic mass is 10.3. The van der Waals surface area contributed by atoms with Crippen LogP contribution in [0.1, 0.15) is 13.3 Å². The van der Waals surface area contributed by atoms with E-state index in [0.717, 1.165) is 18.7 Å². The molecule has 1 aliphatic rings. The van der Waals surface area contributed by atoms with Gasteiger partial charge in [0.2, 0.25) is 0 Å². The zero-order valence-electron chi connectivity index (χ0n) is 5.44. The van der Waals surface area contributed by atoms with E-state index >= 15 is 0 Å². The first kappa shape index (κ1) is 5.48. The minimum Gasteiger partial charge on any atom is -0.401 e. The first-order valence-electron chi connectivity index (χ1n) is 2.88. The van der Waals surface area contributed by atoms with Crippen LogP contribution in [0, 0.1) is 0 Å². The summed E-state index contributed by atoms with van der Waals surface area (Å²) in [5.41, 5.74) is 7.90. The number of nitrogens with zero attached hydrogens (tertiary/aromatic N) is 1. The average Bonchev–Trinajstić information content (AvgIpc) is 1.98. The third-order valence-electron chi connectivity index (χ3n) is 1.75. The largest absolute Gasteiger partial charge is 0.401 e. The molecule has 1 rings (SSSR count). The first-order valence-corrected chi connectivity index (χ1v) is 2.88. The van der Waals surface area contributed by atoms with Crippen molar-refractivity contribution >= 4 is 0 Å². The van der Waals surface area contributed by atoms with E-state index in [1.54, 1.807) is 0 Å². The second-order valence-electron chi connectivity index (χ2n) is 2.28. The van der Waals surface area contributed by atoms with E-state index < -0.39 is 0 Å². The van der Waals surface area contributed by atoms with Crippen molar-refractivity contribution in [2.75, 3.05) is 13.6 Å². The summed E-state index contributed by atoms with van der Waals surface area (Å²) in [6.07, 6.45) is 1.04. The summed E-state index contributed by atoms with van der Waals surface area (Å²) in [6, 6.07) is 0. The number of hydrogen-bond donors (Lipinski definition) is 1. The molecule has 0 radical (unpaired) electrons. The molecule has 0 saturated heterocycles. The Hall–Kier alpha value is -0.660. The van der Waals surface area contributed by atoms with Crippen molar-refractivity contribution < 1.29 is 0 Å². The van der Waals surface area contributed by atoms with Crippen LogP contribution in [-0.2, 0) is 0 Å². The molecule has 0 bridgehead atoms. The predicted octanol–water partition coefficient (Wildman–Crippen LogP) is 0.512. The van der Waals surface area contributed by atoms with Crippen molar-refractivity contribution in [3.05, 3.63) is 11.4 Å². The van der Waals surface area contributed by atoms with Crippen molar-refractivity contribution in [1.29, 1.82) is 0 Å². The molecule has 2 nitrogen and oxygen atoms in total. The van der Waals surface area contributed by atoms with Crippen LogP contribution in [0.5, 0.6) is 0 Å². The fraction of sp³-hybridized carbons (Fsp3) is 0.667.